The third-order valence-electron chi connectivity index (χ3n) is 5.01. The maximum Gasteiger partial charge on any atom is 0.0572 e. The van der Waals surface area contributed by atoms with Crippen LogP contribution in [-0.4, -0.2) is 18.3 Å². The molecular formula is C20H21NO. The van der Waals surface area contributed by atoms with Gasteiger partial charge < -0.3 is 9.30 Å². The summed E-state index contributed by atoms with van der Waals surface area (Å²) in [6.07, 6.45) is 2.20. The van der Waals surface area contributed by atoms with E-state index in [0.29, 0.717) is 5.92 Å². The zero-order chi connectivity index (χ0) is 15.1. The second-order valence-electron chi connectivity index (χ2n) is 6.14. The lowest BCUT2D eigenvalue weighted by Gasteiger charge is -2.18. The lowest BCUT2D eigenvalue weighted by atomic mass is 9.89. The Morgan fingerprint density at radius 3 is 2.68 bits per heavy atom. The minimum Gasteiger partial charge on any atom is -0.384 e. The van der Waals surface area contributed by atoms with Crippen molar-refractivity contribution in [3.8, 4) is 0 Å². The number of aromatic nitrogens is 1. The molecule has 1 atom stereocenters. The maximum absolute atomic E-state index is 5.60. The molecule has 1 heterocycles. The van der Waals surface area contributed by atoms with Gasteiger partial charge >= 0.3 is 0 Å². The third-order valence-corrected chi connectivity index (χ3v) is 5.01. The van der Waals surface area contributed by atoms with E-state index in [1.807, 2.05) is 0 Å². The van der Waals surface area contributed by atoms with Gasteiger partial charge in [0, 0.05) is 36.7 Å². The fourth-order valence-electron chi connectivity index (χ4n) is 4.02. The van der Waals surface area contributed by atoms with E-state index < -0.39 is 0 Å². The van der Waals surface area contributed by atoms with Gasteiger partial charge in [0.15, 0.2) is 0 Å². The van der Waals surface area contributed by atoms with E-state index in [-0.39, 0.29) is 0 Å². The van der Waals surface area contributed by atoms with Crippen molar-refractivity contribution in [2.24, 2.45) is 7.05 Å². The molecule has 2 aromatic carbocycles. The first-order valence-electron chi connectivity index (χ1n) is 7.94. The van der Waals surface area contributed by atoms with Gasteiger partial charge in [0.1, 0.15) is 0 Å². The zero-order valence-electron chi connectivity index (χ0n) is 13.2. The fourth-order valence-corrected chi connectivity index (χ4v) is 4.02. The molecule has 1 aliphatic carbocycles. The van der Waals surface area contributed by atoms with Crippen molar-refractivity contribution < 1.29 is 4.74 Å². The lowest BCUT2D eigenvalue weighted by Crippen LogP contribution is -2.10. The molecule has 1 unspecified atom stereocenters. The maximum atomic E-state index is 5.60. The van der Waals surface area contributed by atoms with Crippen LogP contribution in [-0.2, 0) is 24.6 Å². The molecule has 22 heavy (non-hydrogen) atoms. The molecular weight excluding hydrogens is 270 g/mol. The third kappa shape index (κ3) is 1.91. The highest BCUT2D eigenvalue weighted by Crippen LogP contribution is 2.39. The molecule has 0 saturated carbocycles. The van der Waals surface area contributed by atoms with Gasteiger partial charge in [-0.3, -0.25) is 0 Å². The number of methoxy groups -OCH3 is 1. The van der Waals surface area contributed by atoms with Gasteiger partial charge in [0.25, 0.3) is 0 Å². The number of rotatable bonds is 2. The van der Waals surface area contributed by atoms with Crippen molar-refractivity contribution >= 4 is 10.9 Å². The Morgan fingerprint density at radius 2 is 1.82 bits per heavy atom. The Labute approximate surface area is 131 Å². The number of para-hydroxylation sites is 1. The van der Waals surface area contributed by atoms with Gasteiger partial charge in [-0.2, -0.15) is 0 Å². The molecule has 2 nitrogen and oxygen atoms in total. The highest BCUT2D eigenvalue weighted by atomic mass is 16.5. The van der Waals surface area contributed by atoms with Crippen LogP contribution in [0.2, 0.25) is 0 Å². The van der Waals surface area contributed by atoms with Crippen LogP contribution < -0.4 is 0 Å². The average molecular weight is 291 g/mol. The molecule has 0 bridgehead atoms. The quantitative estimate of drug-likeness (QED) is 0.694. The van der Waals surface area contributed by atoms with Crippen molar-refractivity contribution in [3.05, 3.63) is 70.9 Å². The van der Waals surface area contributed by atoms with E-state index in [1.54, 1.807) is 7.11 Å². The van der Waals surface area contributed by atoms with Gasteiger partial charge in [-0.05, 0) is 35.6 Å². The van der Waals surface area contributed by atoms with Crippen molar-refractivity contribution in [1.29, 1.82) is 0 Å². The molecule has 112 valence electrons. The van der Waals surface area contributed by atoms with Crippen LogP contribution >= 0.6 is 0 Å². The Morgan fingerprint density at radius 1 is 1.05 bits per heavy atom. The number of ether oxygens (including phenoxy) is 1. The normalized spacial score (nSPS) is 17.1. The number of hydrogen-bond donors (Lipinski definition) is 0. The zero-order valence-corrected chi connectivity index (χ0v) is 13.2. The SMILES string of the molecule is COCC1c2ccccc2CCc2c1c1ccccc1n2C. The fraction of sp³-hybridized carbons (Fsp3) is 0.300. The predicted molar refractivity (Wildman–Crippen MR) is 90.5 cm³/mol. The second kappa shape index (κ2) is 5.29. The summed E-state index contributed by atoms with van der Waals surface area (Å²) < 4.78 is 7.97. The lowest BCUT2D eigenvalue weighted by molar-refractivity contribution is 0.189. The van der Waals surface area contributed by atoms with E-state index in [4.69, 9.17) is 4.74 Å². The molecule has 0 radical (unpaired) electrons. The first-order valence-corrected chi connectivity index (χ1v) is 7.94. The van der Waals surface area contributed by atoms with E-state index in [9.17, 15) is 0 Å². The van der Waals surface area contributed by atoms with Gasteiger partial charge in [-0.1, -0.05) is 42.5 Å². The van der Waals surface area contributed by atoms with Gasteiger partial charge in [-0.15, -0.1) is 0 Å². The molecule has 0 amide bonds. The number of fused-ring (bicyclic) bond motifs is 4. The van der Waals surface area contributed by atoms with Gasteiger partial charge in [0.05, 0.1) is 6.61 Å². The summed E-state index contributed by atoms with van der Waals surface area (Å²) >= 11 is 0. The van der Waals surface area contributed by atoms with Crippen LogP contribution in [0.15, 0.2) is 48.5 Å². The largest absolute Gasteiger partial charge is 0.384 e. The minimum atomic E-state index is 0.324. The standard InChI is InChI=1S/C20H21NO/c1-21-18-10-6-5-9-16(18)20-17(13-22-2)15-8-4-3-7-14(15)11-12-19(20)21/h3-10,17H,11-13H2,1-2H3. The Kier molecular flexibility index (Phi) is 3.27. The number of aryl methyl sites for hydroxylation is 2. The van der Waals surface area contributed by atoms with Crippen LogP contribution in [0.3, 0.4) is 0 Å². The van der Waals surface area contributed by atoms with Crippen LogP contribution in [0.5, 0.6) is 0 Å². The van der Waals surface area contributed by atoms with Crippen molar-refractivity contribution in [2.75, 3.05) is 13.7 Å². The summed E-state index contributed by atoms with van der Waals surface area (Å²) in [4.78, 5) is 0. The van der Waals surface area contributed by atoms with E-state index >= 15 is 0 Å². The molecule has 0 N–H and O–H groups in total. The Bertz CT molecular complexity index is 831. The van der Waals surface area contributed by atoms with Crippen LogP contribution in [0, 0.1) is 0 Å². The second-order valence-corrected chi connectivity index (χ2v) is 6.14. The van der Waals surface area contributed by atoms with Crippen molar-refractivity contribution in [2.45, 2.75) is 18.8 Å². The number of benzene rings is 2. The number of hydrogen-bond acceptors (Lipinski definition) is 1. The monoisotopic (exact) mass is 291 g/mol. The summed E-state index contributed by atoms with van der Waals surface area (Å²) in [7, 11) is 4.00. The molecule has 0 fully saturated rings. The van der Waals surface area contributed by atoms with Crippen LogP contribution in [0.4, 0.5) is 0 Å². The van der Waals surface area contributed by atoms with E-state index in [2.05, 4.69) is 60.1 Å². The molecule has 0 aliphatic heterocycles. The molecule has 0 spiro atoms. The molecule has 0 saturated heterocycles. The first-order chi connectivity index (χ1) is 10.8. The molecule has 2 heteroatoms. The summed E-state index contributed by atoms with van der Waals surface area (Å²) in [6, 6.07) is 17.6. The smallest absolute Gasteiger partial charge is 0.0572 e. The topological polar surface area (TPSA) is 14.2 Å². The Balaban J connectivity index is 2.03. The van der Waals surface area contributed by atoms with E-state index in [0.717, 1.165) is 19.4 Å². The molecule has 1 aliphatic rings. The van der Waals surface area contributed by atoms with Gasteiger partial charge in [-0.25, -0.2) is 0 Å². The summed E-state index contributed by atoms with van der Waals surface area (Å²) in [5.41, 5.74) is 7.14. The van der Waals surface area contributed by atoms with Crippen LogP contribution in [0.25, 0.3) is 10.9 Å². The number of nitrogens with zero attached hydrogens (tertiary/aromatic N) is 1. The first kappa shape index (κ1) is 13.6. The summed E-state index contributed by atoms with van der Waals surface area (Å²) in [5, 5.41) is 1.37. The molecule has 1 aromatic heterocycles. The minimum absolute atomic E-state index is 0.324. The molecule has 4 rings (SSSR count). The molecule has 3 aromatic rings. The summed E-state index contributed by atoms with van der Waals surface area (Å²) in [5.74, 6) is 0.324. The predicted octanol–water partition coefficient (Wildman–Crippen LogP) is 4.06. The van der Waals surface area contributed by atoms with Crippen molar-refractivity contribution in [3.63, 3.8) is 0 Å². The highest BCUT2D eigenvalue weighted by molar-refractivity contribution is 5.87. The van der Waals surface area contributed by atoms with Crippen LogP contribution in [0.1, 0.15) is 28.3 Å². The average Bonchev–Trinajstić information content (AvgIpc) is 2.73. The highest BCUT2D eigenvalue weighted by Gasteiger charge is 2.28. The Hall–Kier alpha value is -2.06. The van der Waals surface area contributed by atoms with Gasteiger partial charge in [0.2, 0.25) is 0 Å². The summed E-state index contributed by atoms with van der Waals surface area (Å²) in [6.45, 7) is 0.734. The van der Waals surface area contributed by atoms with Crippen molar-refractivity contribution in [1.82, 2.24) is 4.57 Å². The van der Waals surface area contributed by atoms with E-state index in [1.165, 1.54) is 33.3 Å².